The third-order valence-corrected chi connectivity index (χ3v) is 15.4. The lowest BCUT2D eigenvalue weighted by Crippen LogP contribution is -2.14. The Bertz CT molecular complexity index is 4110. The Balaban J connectivity index is 1.20. The second-order valence-corrected chi connectivity index (χ2v) is 23.0. The first-order chi connectivity index (χ1) is 34.5. The lowest BCUT2D eigenvalue weighted by atomic mass is 9.84. The van der Waals surface area contributed by atoms with Gasteiger partial charge in [-0.15, -0.1) is 0 Å². The summed E-state index contributed by atoms with van der Waals surface area (Å²) in [4.78, 5) is 4.97. The van der Waals surface area contributed by atoms with Gasteiger partial charge >= 0.3 is 0 Å². The molecular weight excluding hydrogens is 877 g/mol. The van der Waals surface area contributed by atoms with Crippen molar-refractivity contribution in [2.24, 2.45) is 0 Å². The fourth-order valence-corrected chi connectivity index (χ4v) is 11.9. The van der Waals surface area contributed by atoms with Crippen molar-refractivity contribution in [2.75, 3.05) is 9.80 Å². The van der Waals surface area contributed by atoms with Gasteiger partial charge in [0.05, 0.1) is 22.7 Å². The number of aryl methyl sites for hydroxylation is 2. The summed E-state index contributed by atoms with van der Waals surface area (Å²) in [6.07, 6.45) is 0. The van der Waals surface area contributed by atoms with Crippen molar-refractivity contribution in [3.63, 3.8) is 0 Å². The molecule has 0 saturated heterocycles. The lowest BCUT2D eigenvalue weighted by Gasteiger charge is -2.32. The summed E-state index contributed by atoms with van der Waals surface area (Å²) in [5.41, 5.74) is 17.4. The molecule has 0 spiro atoms. The largest absolute Gasteiger partial charge is 0.454 e. The normalized spacial score (nSPS) is 12.7. The number of para-hydroxylation sites is 5. The summed E-state index contributed by atoms with van der Waals surface area (Å²) in [6.45, 7) is 27.4. The highest BCUT2D eigenvalue weighted by Gasteiger charge is 2.30. The second-order valence-electron chi connectivity index (χ2n) is 23.0. The van der Waals surface area contributed by atoms with E-state index >= 15 is 0 Å². The van der Waals surface area contributed by atoms with E-state index in [1.54, 1.807) is 0 Å². The molecule has 0 saturated carbocycles. The highest BCUT2D eigenvalue weighted by atomic mass is 16.3. The van der Waals surface area contributed by atoms with Crippen molar-refractivity contribution in [3.8, 4) is 0 Å². The van der Waals surface area contributed by atoms with Crippen molar-refractivity contribution in [3.05, 3.63) is 191 Å². The average Bonchev–Trinajstić information content (AvgIpc) is 3.93. The topological polar surface area (TPSA) is 32.8 Å². The maximum absolute atomic E-state index is 7.20. The number of furan rings is 2. The molecule has 0 unspecified atom stereocenters. The van der Waals surface area contributed by atoms with Crippen molar-refractivity contribution in [1.82, 2.24) is 0 Å². The van der Waals surface area contributed by atoms with Crippen LogP contribution in [0.15, 0.2) is 167 Å². The van der Waals surface area contributed by atoms with Crippen LogP contribution in [0.5, 0.6) is 0 Å². The Kier molecular flexibility index (Phi) is 10.4. The highest BCUT2D eigenvalue weighted by molar-refractivity contribution is 6.30. The molecule has 12 rings (SSSR count). The van der Waals surface area contributed by atoms with Crippen LogP contribution >= 0.6 is 0 Å². The van der Waals surface area contributed by atoms with Gasteiger partial charge in [-0.05, 0) is 123 Å². The van der Waals surface area contributed by atoms with E-state index in [4.69, 9.17) is 8.83 Å². The molecule has 0 aliphatic carbocycles. The lowest BCUT2D eigenvalue weighted by molar-refractivity contribution is 0.572. The van der Waals surface area contributed by atoms with Crippen LogP contribution in [-0.2, 0) is 10.8 Å². The Hall–Kier alpha value is -7.56. The predicted molar refractivity (Wildman–Crippen MR) is 309 cm³/mol. The van der Waals surface area contributed by atoms with Gasteiger partial charge in [-0.25, -0.2) is 0 Å². The van der Waals surface area contributed by atoms with E-state index in [0.717, 1.165) is 78.0 Å². The Morgan fingerprint density at radius 1 is 0.361 bits per heavy atom. The molecule has 10 aromatic carbocycles. The monoisotopic (exact) mass is 940 g/mol. The number of fused-ring (bicyclic) bond motifs is 6. The summed E-state index contributed by atoms with van der Waals surface area (Å²) in [5.74, 6) is 0.472. The minimum Gasteiger partial charge on any atom is -0.454 e. The number of nitrogens with zero attached hydrogens (tertiary/aromatic N) is 2. The van der Waals surface area contributed by atoms with Crippen LogP contribution in [0.25, 0.3) is 76.2 Å². The molecule has 0 bridgehead atoms. The maximum Gasteiger partial charge on any atom is 0.159 e. The molecule has 0 radical (unpaired) electrons. The number of benzene rings is 10. The minimum absolute atomic E-state index is 0.0983. The molecule has 0 fully saturated rings. The van der Waals surface area contributed by atoms with E-state index in [1.807, 2.05) is 0 Å². The summed E-state index contributed by atoms with van der Waals surface area (Å²) < 4.78 is 14.4. The van der Waals surface area contributed by atoms with Gasteiger partial charge in [-0.2, -0.15) is 0 Å². The van der Waals surface area contributed by atoms with Crippen molar-refractivity contribution in [2.45, 2.75) is 106 Å². The third-order valence-electron chi connectivity index (χ3n) is 15.4. The molecular formula is C68H64N2O2. The van der Waals surface area contributed by atoms with Crippen LogP contribution in [0.2, 0.25) is 0 Å². The van der Waals surface area contributed by atoms with Gasteiger partial charge in [0.2, 0.25) is 0 Å². The van der Waals surface area contributed by atoms with Crippen molar-refractivity contribution < 1.29 is 8.83 Å². The Morgan fingerprint density at radius 2 is 0.778 bits per heavy atom. The number of hydrogen-bond acceptors (Lipinski definition) is 4. The van der Waals surface area contributed by atoms with Crippen LogP contribution in [0.3, 0.4) is 0 Å². The standard InChI is InChI=1S/C68H64N2O2/c1-39(2)52-37-59(69(43-22-15-20-41(5)36-43)57-30-18-25-48-46-23-16-27-54(67(7,8)9)63(46)71-65(48)57)50-34-32-45-53(40(3)4)38-60(51-35-33-44(52)61(50)62(45)51)70(56-29-14-13-21-42(56)6)58-31-19-26-49-47-24-17-28-55(68(10,11)12)64(47)72-66(49)58/h13-40H,1-12H3. The quantitative estimate of drug-likeness (QED) is 0.142. The first kappa shape index (κ1) is 45.6. The second kappa shape index (κ2) is 16.5. The van der Waals surface area contributed by atoms with Gasteiger partial charge in [0, 0.05) is 54.8 Å². The number of rotatable bonds is 8. The molecule has 0 aliphatic rings. The molecule has 0 atom stereocenters. The zero-order valence-electron chi connectivity index (χ0n) is 43.9. The zero-order chi connectivity index (χ0) is 50.1. The van der Waals surface area contributed by atoms with Crippen LogP contribution in [0, 0.1) is 13.8 Å². The molecule has 4 heteroatoms. The minimum atomic E-state index is -0.0987. The van der Waals surface area contributed by atoms with Gasteiger partial charge < -0.3 is 18.6 Å². The summed E-state index contributed by atoms with van der Waals surface area (Å²) >= 11 is 0. The third kappa shape index (κ3) is 7.00. The molecule has 2 heterocycles. The zero-order valence-corrected chi connectivity index (χ0v) is 43.9. The molecule has 0 aliphatic heterocycles. The SMILES string of the molecule is Cc1cccc(N(c2cc(C(C)C)c3ccc4c(N(c5ccccc5C)c5cccc6c5oc5c(C(C)(C)C)cccc56)cc(C(C)C)c5ccc2c3c54)c2cccc3c2oc2c(C(C)(C)C)cccc23)c1. The molecule has 12 aromatic rings. The summed E-state index contributed by atoms with van der Waals surface area (Å²) in [6, 6.07) is 58.8. The van der Waals surface area contributed by atoms with Crippen molar-refractivity contribution in [1.29, 1.82) is 0 Å². The molecule has 0 N–H and O–H groups in total. The van der Waals surface area contributed by atoms with E-state index in [9.17, 15) is 0 Å². The predicted octanol–water partition coefficient (Wildman–Crippen LogP) is 20.8. The van der Waals surface area contributed by atoms with Crippen molar-refractivity contribution >= 4 is 110 Å². The first-order valence-corrected chi connectivity index (χ1v) is 25.9. The van der Waals surface area contributed by atoms with E-state index in [-0.39, 0.29) is 22.7 Å². The summed E-state index contributed by atoms with van der Waals surface area (Å²) in [5, 5.41) is 12.0. The number of hydrogen-bond donors (Lipinski definition) is 0. The molecule has 0 amide bonds. The smallest absolute Gasteiger partial charge is 0.159 e. The summed E-state index contributed by atoms with van der Waals surface area (Å²) in [7, 11) is 0. The van der Waals surface area contributed by atoms with E-state index in [1.165, 1.54) is 65.7 Å². The van der Waals surface area contributed by atoms with Crippen LogP contribution < -0.4 is 9.80 Å². The molecule has 2 aromatic heterocycles. The van der Waals surface area contributed by atoms with Gasteiger partial charge in [-0.3, -0.25) is 0 Å². The fourth-order valence-electron chi connectivity index (χ4n) is 11.9. The van der Waals surface area contributed by atoms with Crippen LogP contribution in [0.4, 0.5) is 34.1 Å². The van der Waals surface area contributed by atoms with E-state index in [0.29, 0.717) is 0 Å². The Morgan fingerprint density at radius 3 is 1.25 bits per heavy atom. The molecule has 4 nitrogen and oxygen atoms in total. The fraction of sp³-hybridized carbons (Fsp3) is 0.235. The Labute approximate surface area is 423 Å². The van der Waals surface area contributed by atoms with E-state index in [2.05, 4.69) is 251 Å². The van der Waals surface area contributed by atoms with Gasteiger partial charge in [0.25, 0.3) is 0 Å². The van der Waals surface area contributed by atoms with Crippen LogP contribution in [0.1, 0.15) is 114 Å². The van der Waals surface area contributed by atoms with Gasteiger partial charge in [-0.1, -0.05) is 184 Å². The molecule has 72 heavy (non-hydrogen) atoms. The first-order valence-electron chi connectivity index (χ1n) is 25.9. The van der Waals surface area contributed by atoms with Crippen LogP contribution in [-0.4, -0.2) is 0 Å². The van der Waals surface area contributed by atoms with E-state index < -0.39 is 0 Å². The average molecular weight is 941 g/mol. The number of anilines is 6. The maximum atomic E-state index is 7.20. The molecule has 358 valence electrons. The van der Waals surface area contributed by atoms with Gasteiger partial charge in [0.15, 0.2) is 11.2 Å². The van der Waals surface area contributed by atoms with Gasteiger partial charge in [0.1, 0.15) is 11.2 Å². The highest BCUT2D eigenvalue weighted by Crippen LogP contribution is 2.54.